The zero-order valence-corrected chi connectivity index (χ0v) is 17.4. The van der Waals surface area contributed by atoms with Crippen LogP contribution in [-0.4, -0.2) is 21.4 Å². The van der Waals surface area contributed by atoms with Gasteiger partial charge in [-0.15, -0.1) is 0 Å². The number of nitrogens with zero attached hydrogens (tertiary/aromatic N) is 2. The van der Waals surface area contributed by atoms with Crippen molar-refractivity contribution in [1.29, 1.82) is 0 Å². The van der Waals surface area contributed by atoms with Crippen molar-refractivity contribution in [2.75, 3.05) is 0 Å². The zero-order chi connectivity index (χ0) is 23.0. The van der Waals surface area contributed by atoms with Crippen LogP contribution in [0.5, 0.6) is 0 Å². The molecule has 0 spiro atoms. The molecule has 1 aliphatic rings. The van der Waals surface area contributed by atoms with Crippen LogP contribution in [0, 0.1) is 13.8 Å². The van der Waals surface area contributed by atoms with Gasteiger partial charge in [-0.05, 0) is 55.3 Å². The van der Waals surface area contributed by atoms with E-state index < -0.39 is 23.7 Å². The average molecular weight is 439 g/mol. The number of urea groups is 1. The van der Waals surface area contributed by atoms with E-state index in [0.717, 1.165) is 22.6 Å². The molecule has 0 radical (unpaired) electrons. The van der Waals surface area contributed by atoms with E-state index in [2.05, 4.69) is 5.32 Å². The Morgan fingerprint density at radius 1 is 0.969 bits per heavy atom. The first-order valence-corrected chi connectivity index (χ1v) is 9.90. The lowest BCUT2D eigenvalue weighted by Gasteiger charge is -2.13. The molecule has 1 N–H and O–H groups in total. The number of aryl methyl sites for hydroxylation is 1. The van der Waals surface area contributed by atoms with Crippen LogP contribution >= 0.6 is 0 Å². The van der Waals surface area contributed by atoms with Gasteiger partial charge in [0.2, 0.25) is 0 Å². The molecule has 164 valence electrons. The van der Waals surface area contributed by atoms with Crippen LogP contribution in [0.15, 0.2) is 66.4 Å². The van der Waals surface area contributed by atoms with Crippen molar-refractivity contribution < 1.29 is 22.8 Å². The van der Waals surface area contributed by atoms with Crippen molar-refractivity contribution >= 4 is 18.0 Å². The molecule has 2 aromatic carbocycles. The summed E-state index contributed by atoms with van der Waals surface area (Å²) < 4.78 is 41.1. The van der Waals surface area contributed by atoms with Gasteiger partial charge in [-0.25, -0.2) is 4.79 Å². The van der Waals surface area contributed by atoms with Gasteiger partial charge in [0.1, 0.15) is 5.70 Å². The van der Waals surface area contributed by atoms with Gasteiger partial charge >= 0.3 is 12.2 Å². The molecule has 4 rings (SSSR count). The monoisotopic (exact) mass is 439 g/mol. The van der Waals surface area contributed by atoms with Crippen LogP contribution in [-0.2, 0) is 17.5 Å². The minimum absolute atomic E-state index is 0.121. The number of amides is 3. The van der Waals surface area contributed by atoms with Crippen molar-refractivity contribution in [3.05, 3.63) is 94.4 Å². The fourth-order valence-corrected chi connectivity index (χ4v) is 3.79. The van der Waals surface area contributed by atoms with E-state index in [9.17, 15) is 22.8 Å². The van der Waals surface area contributed by atoms with Gasteiger partial charge in [0.25, 0.3) is 5.91 Å². The topological polar surface area (TPSA) is 54.3 Å². The normalized spacial score (nSPS) is 15.5. The van der Waals surface area contributed by atoms with Crippen LogP contribution in [0.4, 0.5) is 18.0 Å². The molecule has 0 aliphatic carbocycles. The molecule has 3 aromatic rings. The molecule has 5 nitrogen and oxygen atoms in total. The minimum Gasteiger partial charge on any atom is -0.318 e. The molecule has 1 aromatic heterocycles. The summed E-state index contributed by atoms with van der Waals surface area (Å²) in [5, 5.41) is 2.59. The van der Waals surface area contributed by atoms with E-state index in [1.807, 2.05) is 30.3 Å². The number of alkyl halides is 3. The highest BCUT2D eigenvalue weighted by molar-refractivity contribution is 6.14. The molecule has 1 fully saturated rings. The molecule has 1 aliphatic heterocycles. The summed E-state index contributed by atoms with van der Waals surface area (Å²) in [5.74, 6) is -0.456. The Kier molecular flexibility index (Phi) is 5.38. The molecule has 2 heterocycles. The van der Waals surface area contributed by atoms with Crippen LogP contribution in [0.3, 0.4) is 0 Å². The molecule has 0 atom stereocenters. The summed E-state index contributed by atoms with van der Waals surface area (Å²) in [6.07, 6.45) is -2.89. The number of hydrogen-bond acceptors (Lipinski definition) is 2. The molecule has 0 bridgehead atoms. The summed E-state index contributed by atoms with van der Waals surface area (Å²) in [5.41, 5.74) is 2.55. The van der Waals surface area contributed by atoms with Crippen molar-refractivity contribution in [1.82, 2.24) is 14.8 Å². The number of carbonyl (C=O) groups excluding carboxylic acids is 2. The van der Waals surface area contributed by atoms with Gasteiger partial charge < -0.3 is 9.88 Å². The van der Waals surface area contributed by atoms with Gasteiger partial charge in [0.05, 0.1) is 12.1 Å². The molecule has 0 unspecified atom stereocenters. The first kappa shape index (κ1) is 21.4. The Bertz CT molecular complexity index is 1230. The molecule has 32 heavy (non-hydrogen) atoms. The lowest BCUT2D eigenvalue weighted by atomic mass is 10.1. The third-order valence-electron chi connectivity index (χ3n) is 5.35. The number of carbonyl (C=O) groups is 2. The summed E-state index contributed by atoms with van der Waals surface area (Å²) >= 11 is 0. The molecule has 3 amide bonds. The quantitative estimate of drug-likeness (QED) is 0.449. The SMILES string of the molecule is Cc1cc(/C=C2\NC(=O)N(Cc3ccccc3)C2=O)c(C)n1-c1cccc(C(F)(F)F)c1. The van der Waals surface area contributed by atoms with Crippen LogP contribution in [0.25, 0.3) is 11.8 Å². The predicted molar refractivity (Wildman–Crippen MR) is 114 cm³/mol. The van der Waals surface area contributed by atoms with Crippen molar-refractivity contribution in [2.24, 2.45) is 0 Å². The second-order valence-corrected chi connectivity index (χ2v) is 7.58. The molecule has 8 heteroatoms. The Labute approximate surface area is 182 Å². The highest BCUT2D eigenvalue weighted by Crippen LogP contribution is 2.32. The number of hydrogen-bond donors (Lipinski definition) is 1. The average Bonchev–Trinajstić information content (AvgIpc) is 3.17. The number of imide groups is 1. The van der Waals surface area contributed by atoms with E-state index in [1.165, 1.54) is 6.07 Å². The van der Waals surface area contributed by atoms with Crippen molar-refractivity contribution in [2.45, 2.75) is 26.6 Å². The highest BCUT2D eigenvalue weighted by Gasteiger charge is 2.34. The van der Waals surface area contributed by atoms with Gasteiger partial charge in [-0.3, -0.25) is 9.69 Å². The second kappa shape index (κ2) is 8.03. The van der Waals surface area contributed by atoms with Gasteiger partial charge in [-0.2, -0.15) is 13.2 Å². The maximum absolute atomic E-state index is 13.1. The Balaban J connectivity index is 1.65. The van der Waals surface area contributed by atoms with Gasteiger partial charge in [0.15, 0.2) is 0 Å². The first-order valence-electron chi connectivity index (χ1n) is 9.90. The van der Waals surface area contributed by atoms with E-state index in [4.69, 9.17) is 0 Å². The number of benzene rings is 2. The zero-order valence-electron chi connectivity index (χ0n) is 17.4. The lowest BCUT2D eigenvalue weighted by molar-refractivity contribution is -0.137. The highest BCUT2D eigenvalue weighted by atomic mass is 19.4. The van der Waals surface area contributed by atoms with Crippen LogP contribution in [0.1, 0.15) is 28.1 Å². The van der Waals surface area contributed by atoms with Crippen LogP contribution < -0.4 is 5.32 Å². The smallest absolute Gasteiger partial charge is 0.318 e. The summed E-state index contributed by atoms with van der Waals surface area (Å²) in [6.45, 7) is 3.67. The standard InChI is InChI=1S/C24H20F3N3O2/c1-15-11-18(16(2)30(15)20-10-6-9-19(13-20)24(25,26)27)12-21-22(31)29(23(32)28-21)14-17-7-4-3-5-8-17/h3-13H,14H2,1-2H3,(H,28,32)/b21-12-. The fraction of sp³-hybridized carbons (Fsp3) is 0.167. The van der Waals surface area contributed by atoms with E-state index in [0.29, 0.717) is 22.6 Å². The molecular formula is C24H20F3N3O2. The summed E-state index contributed by atoms with van der Waals surface area (Å²) in [4.78, 5) is 26.3. The number of nitrogens with one attached hydrogen (secondary N) is 1. The largest absolute Gasteiger partial charge is 0.416 e. The Morgan fingerprint density at radius 2 is 1.69 bits per heavy atom. The number of halogens is 3. The van der Waals surface area contributed by atoms with E-state index in [1.54, 1.807) is 36.6 Å². The van der Waals surface area contributed by atoms with E-state index in [-0.39, 0.29) is 12.2 Å². The first-order chi connectivity index (χ1) is 15.1. The third kappa shape index (κ3) is 4.03. The minimum atomic E-state index is -4.45. The van der Waals surface area contributed by atoms with Crippen molar-refractivity contribution in [3.63, 3.8) is 0 Å². The summed E-state index contributed by atoms with van der Waals surface area (Å²) in [7, 11) is 0. The van der Waals surface area contributed by atoms with E-state index >= 15 is 0 Å². The molecule has 0 saturated carbocycles. The number of aromatic nitrogens is 1. The Hall–Kier alpha value is -3.81. The fourth-order valence-electron chi connectivity index (χ4n) is 3.79. The molecular weight excluding hydrogens is 419 g/mol. The maximum atomic E-state index is 13.1. The predicted octanol–water partition coefficient (Wildman–Crippen LogP) is 5.21. The maximum Gasteiger partial charge on any atom is 0.416 e. The van der Waals surface area contributed by atoms with Gasteiger partial charge in [0, 0.05) is 17.1 Å². The second-order valence-electron chi connectivity index (χ2n) is 7.58. The molecule has 1 saturated heterocycles. The summed E-state index contributed by atoms with van der Waals surface area (Å²) in [6, 6.07) is 15.5. The lowest BCUT2D eigenvalue weighted by Crippen LogP contribution is -2.30. The third-order valence-corrected chi connectivity index (χ3v) is 5.35. The van der Waals surface area contributed by atoms with Gasteiger partial charge in [-0.1, -0.05) is 36.4 Å². The Morgan fingerprint density at radius 3 is 2.38 bits per heavy atom. The van der Waals surface area contributed by atoms with Crippen molar-refractivity contribution in [3.8, 4) is 5.69 Å². The number of rotatable bonds is 4. The van der Waals surface area contributed by atoms with Crippen LogP contribution in [0.2, 0.25) is 0 Å².